The summed E-state index contributed by atoms with van der Waals surface area (Å²) >= 11 is 0. The third-order valence-electron chi connectivity index (χ3n) is 3.07. The van der Waals surface area contributed by atoms with E-state index in [1.165, 1.54) is 12.3 Å². The van der Waals surface area contributed by atoms with Crippen molar-refractivity contribution < 1.29 is 18.0 Å². The molecule has 0 saturated carbocycles. The van der Waals surface area contributed by atoms with Gasteiger partial charge in [0, 0.05) is 12.0 Å². The molecule has 0 fully saturated rings. The number of carbonyl (C=O) groups excluding carboxylic acids is 1. The molecule has 0 aliphatic heterocycles. The first-order chi connectivity index (χ1) is 9.42. The molecule has 0 bridgehead atoms. The van der Waals surface area contributed by atoms with Crippen LogP contribution in [-0.2, 0) is 5.41 Å². The molecule has 1 aromatic heterocycles. The van der Waals surface area contributed by atoms with E-state index in [1.807, 2.05) is 13.8 Å². The quantitative estimate of drug-likeness (QED) is 0.933. The zero-order chi connectivity index (χ0) is 14.8. The van der Waals surface area contributed by atoms with Crippen LogP contribution in [0.1, 0.15) is 30.0 Å². The van der Waals surface area contributed by atoms with Gasteiger partial charge in [0.2, 0.25) is 0 Å². The van der Waals surface area contributed by atoms with Gasteiger partial charge < -0.3 is 9.73 Å². The second-order valence-corrected chi connectivity index (χ2v) is 5.14. The van der Waals surface area contributed by atoms with Crippen LogP contribution in [0, 0.1) is 11.6 Å². The summed E-state index contributed by atoms with van der Waals surface area (Å²) in [5.74, 6) is -1.84. The monoisotopic (exact) mass is 279 g/mol. The summed E-state index contributed by atoms with van der Waals surface area (Å²) in [6.07, 6.45) is 1.54. The Hall–Kier alpha value is -2.17. The topological polar surface area (TPSA) is 42.2 Å². The van der Waals surface area contributed by atoms with Gasteiger partial charge in [0.05, 0.1) is 6.26 Å². The number of nitrogens with one attached hydrogen (secondary N) is 1. The summed E-state index contributed by atoms with van der Waals surface area (Å²) in [4.78, 5) is 11.9. The van der Waals surface area contributed by atoms with Gasteiger partial charge in [0.15, 0.2) is 0 Å². The van der Waals surface area contributed by atoms with Crippen LogP contribution in [0.25, 0.3) is 0 Å². The number of amides is 1. The Labute approximate surface area is 115 Å². The number of furan rings is 1. The fourth-order valence-corrected chi connectivity index (χ4v) is 1.86. The summed E-state index contributed by atoms with van der Waals surface area (Å²) in [5, 5.41) is 2.53. The molecule has 2 aromatic rings. The van der Waals surface area contributed by atoms with Crippen LogP contribution < -0.4 is 5.32 Å². The average Bonchev–Trinajstić information content (AvgIpc) is 2.91. The van der Waals surface area contributed by atoms with Gasteiger partial charge >= 0.3 is 0 Å². The van der Waals surface area contributed by atoms with E-state index in [1.54, 1.807) is 12.1 Å². The molecule has 1 amide bonds. The highest BCUT2D eigenvalue weighted by molar-refractivity contribution is 5.94. The van der Waals surface area contributed by atoms with Gasteiger partial charge in [-0.05, 0) is 24.3 Å². The number of rotatable bonds is 4. The number of halogens is 2. The number of carbonyl (C=O) groups is 1. The predicted molar refractivity (Wildman–Crippen MR) is 70.4 cm³/mol. The molecule has 0 unspecified atom stereocenters. The highest BCUT2D eigenvalue weighted by atomic mass is 19.1. The van der Waals surface area contributed by atoms with E-state index in [0.29, 0.717) is 5.76 Å². The molecule has 0 saturated heterocycles. The van der Waals surface area contributed by atoms with Gasteiger partial charge in [-0.3, -0.25) is 4.79 Å². The SMILES string of the molecule is CC(C)(CNC(=O)c1c(F)cccc1F)c1ccco1. The van der Waals surface area contributed by atoms with Gasteiger partial charge in [0.1, 0.15) is 23.0 Å². The second kappa shape index (κ2) is 5.45. The molecule has 5 heteroatoms. The van der Waals surface area contributed by atoms with Gasteiger partial charge in [-0.25, -0.2) is 8.78 Å². The van der Waals surface area contributed by atoms with Crippen molar-refractivity contribution in [3.05, 3.63) is 59.6 Å². The molecule has 1 aromatic carbocycles. The molecule has 0 atom stereocenters. The van der Waals surface area contributed by atoms with Gasteiger partial charge in [-0.15, -0.1) is 0 Å². The first kappa shape index (κ1) is 14.2. The second-order valence-electron chi connectivity index (χ2n) is 5.14. The Kier molecular flexibility index (Phi) is 3.88. The highest BCUT2D eigenvalue weighted by Gasteiger charge is 2.26. The van der Waals surface area contributed by atoms with E-state index in [2.05, 4.69) is 5.32 Å². The summed E-state index contributed by atoms with van der Waals surface area (Å²) in [6, 6.07) is 6.85. The molecule has 1 heterocycles. The zero-order valence-corrected chi connectivity index (χ0v) is 11.2. The van der Waals surface area contributed by atoms with E-state index in [0.717, 1.165) is 12.1 Å². The largest absolute Gasteiger partial charge is 0.469 e. The third kappa shape index (κ3) is 2.87. The van der Waals surface area contributed by atoms with E-state index in [-0.39, 0.29) is 6.54 Å². The van der Waals surface area contributed by atoms with E-state index in [9.17, 15) is 13.6 Å². The van der Waals surface area contributed by atoms with Crippen LogP contribution >= 0.6 is 0 Å². The maximum absolute atomic E-state index is 13.5. The van der Waals surface area contributed by atoms with E-state index >= 15 is 0 Å². The Morgan fingerprint density at radius 1 is 1.20 bits per heavy atom. The van der Waals surface area contributed by atoms with Crippen molar-refractivity contribution in [3.8, 4) is 0 Å². The molecule has 2 rings (SSSR count). The van der Waals surface area contributed by atoms with E-state index < -0.39 is 28.5 Å². The molecule has 0 aliphatic carbocycles. The fourth-order valence-electron chi connectivity index (χ4n) is 1.86. The van der Waals surface area contributed by atoms with Crippen molar-refractivity contribution in [1.29, 1.82) is 0 Å². The minimum Gasteiger partial charge on any atom is -0.469 e. The lowest BCUT2D eigenvalue weighted by atomic mass is 9.90. The molecule has 106 valence electrons. The Morgan fingerprint density at radius 3 is 2.40 bits per heavy atom. The smallest absolute Gasteiger partial charge is 0.257 e. The van der Waals surface area contributed by atoms with Gasteiger partial charge in [-0.1, -0.05) is 19.9 Å². The van der Waals surface area contributed by atoms with Crippen molar-refractivity contribution in [2.24, 2.45) is 0 Å². The Morgan fingerprint density at radius 2 is 1.85 bits per heavy atom. The predicted octanol–water partition coefficient (Wildman–Crippen LogP) is 3.27. The normalized spacial score (nSPS) is 11.4. The van der Waals surface area contributed by atoms with E-state index in [4.69, 9.17) is 4.42 Å². The maximum Gasteiger partial charge on any atom is 0.257 e. The van der Waals surface area contributed by atoms with Crippen molar-refractivity contribution in [2.45, 2.75) is 19.3 Å². The summed E-state index contributed by atoms with van der Waals surface area (Å²) in [5.41, 5.74) is -1.04. The van der Waals surface area contributed by atoms with Crippen LogP contribution in [0.3, 0.4) is 0 Å². The fraction of sp³-hybridized carbons (Fsp3) is 0.267. The number of hydrogen-bond donors (Lipinski definition) is 1. The minimum atomic E-state index is -0.877. The standard InChI is InChI=1S/C15H15F2NO2/c1-15(2,12-7-4-8-20-12)9-18-14(19)13-10(16)5-3-6-11(13)17/h3-8H,9H2,1-2H3,(H,18,19). The first-order valence-corrected chi connectivity index (χ1v) is 6.18. The molecule has 0 aliphatic rings. The molecule has 20 heavy (non-hydrogen) atoms. The average molecular weight is 279 g/mol. The van der Waals surface area contributed by atoms with Crippen LogP contribution in [0.4, 0.5) is 8.78 Å². The molecular formula is C15H15F2NO2. The van der Waals surface area contributed by atoms with Crippen molar-refractivity contribution >= 4 is 5.91 Å². The maximum atomic E-state index is 13.5. The third-order valence-corrected chi connectivity index (χ3v) is 3.07. The highest BCUT2D eigenvalue weighted by Crippen LogP contribution is 2.22. The van der Waals surface area contributed by atoms with Crippen molar-refractivity contribution in [1.82, 2.24) is 5.32 Å². The van der Waals surface area contributed by atoms with Crippen molar-refractivity contribution in [2.75, 3.05) is 6.54 Å². The zero-order valence-electron chi connectivity index (χ0n) is 11.2. The lowest BCUT2D eigenvalue weighted by molar-refractivity contribution is 0.0935. The van der Waals surface area contributed by atoms with Crippen LogP contribution in [0.2, 0.25) is 0 Å². The molecule has 0 radical (unpaired) electrons. The first-order valence-electron chi connectivity index (χ1n) is 6.18. The minimum absolute atomic E-state index is 0.202. The van der Waals surface area contributed by atoms with Gasteiger partial charge in [-0.2, -0.15) is 0 Å². The molecule has 0 spiro atoms. The lowest BCUT2D eigenvalue weighted by Gasteiger charge is -2.22. The Balaban J connectivity index is 2.10. The molecule has 1 N–H and O–H groups in total. The molecular weight excluding hydrogens is 264 g/mol. The Bertz CT molecular complexity index is 586. The van der Waals surface area contributed by atoms with Crippen molar-refractivity contribution in [3.63, 3.8) is 0 Å². The van der Waals surface area contributed by atoms with Gasteiger partial charge in [0.25, 0.3) is 5.91 Å². The van der Waals surface area contributed by atoms with Crippen LogP contribution in [0.15, 0.2) is 41.0 Å². The number of hydrogen-bond acceptors (Lipinski definition) is 2. The molecule has 3 nitrogen and oxygen atoms in total. The summed E-state index contributed by atoms with van der Waals surface area (Å²) in [6.45, 7) is 3.93. The van der Waals surface area contributed by atoms with Crippen LogP contribution in [0.5, 0.6) is 0 Å². The summed E-state index contributed by atoms with van der Waals surface area (Å²) < 4.78 is 32.2. The summed E-state index contributed by atoms with van der Waals surface area (Å²) in [7, 11) is 0. The lowest BCUT2D eigenvalue weighted by Crippen LogP contribution is -2.37. The van der Waals surface area contributed by atoms with Crippen LogP contribution in [-0.4, -0.2) is 12.5 Å². The number of benzene rings is 1.